The van der Waals surface area contributed by atoms with E-state index in [4.69, 9.17) is 19.4 Å². The molecule has 0 N–H and O–H groups in total. The molecule has 0 aliphatic carbocycles. The number of para-hydroxylation sites is 1. The molecule has 0 spiro atoms. The summed E-state index contributed by atoms with van der Waals surface area (Å²) in [5.74, 6) is 1.88. The minimum Gasteiger partial charge on any atom is -0.455 e. The van der Waals surface area contributed by atoms with Crippen molar-refractivity contribution in [2.45, 2.75) is 0 Å². The number of fused-ring (bicyclic) bond motifs is 5. The van der Waals surface area contributed by atoms with Gasteiger partial charge < -0.3 is 4.42 Å². The molecule has 9 aromatic carbocycles. The molecule has 2 aromatic heterocycles. The molecule has 0 bridgehead atoms. The van der Waals surface area contributed by atoms with Crippen LogP contribution in [-0.4, -0.2) is 15.0 Å². The number of rotatable bonds is 6. The number of furan rings is 1. The lowest BCUT2D eigenvalue weighted by molar-refractivity contribution is 0.670. The van der Waals surface area contributed by atoms with Crippen LogP contribution in [0.3, 0.4) is 0 Å². The van der Waals surface area contributed by atoms with Gasteiger partial charge in [0.2, 0.25) is 0 Å². The van der Waals surface area contributed by atoms with Crippen LogP contribution in [0.15, 0.2) is 205 Å². The van der Waals surface area contributed by atoms with Gasteiger partial charge in [-0.3, -0.25) is 0 Å². The summed E-state index contributed by atoms with van der Waals surface area (Å²) in [4.78, 5) is 15.2. The van der Waals surface area contributed by atoms with E-state index in [9.17, 15) is 0 Å². The average molecular weight is 728 g/mol. The molecular formula is C53H33N3O. The first kappa shape index (κ1) is 32.7. The molecule has 0 aliphatic heterocycles. The molecule has 11 aromatic rings. The van der Waals surface area contributed by atoms with Crippen molar-refractivity contribution >= 4 is 43.5 Å². The fourth-order valence-corrected chi connectivity index (χ4v) is 7.91. The smallest absolute Gasteiger partial charge is 0.164 e. The summed E-state index contributed by atoms with van der Waals surface area (Å²) in [6.07, 6.45) is 0. The second-order valence-electron chi connectivity index (χ2n) is 14.4. The SMILES string of the molecule is c1ccc(-c2cccc3c2oc2cc(-c4ccc(-c5nc(-c6ccc(-c7ccc8ccccc8c7)cc6)nc(-c6ccc7ccccc7c6)n5)cc4)ccc23)cc1. The Hall–Kier alpha value is -7.69. The number of hydrogen-bond donors (Lipinski definition) is 0. The molecule has 266 valence electrons. The van der Waals surface area contributed by atoms with Gasteiger partial charge in [-0.1, -0.05) is 176 Å². The molecule has 0 saturated heterocycles. The number of aromatic nitrogens is 3. The Morgan fingerprint density at radius 1 is 0.281 bits per heavy atom. The van der Waals surface area contributed by atoms with E-state index in [1.54, 1.807) is 0 Å². The lowest BCUT2D eigenvalue weighted by Crippen LogP contribution is -2.00. The highest BCUT2D eigenvalue weighted by Crippen LogP contribution is 2.38. The van der Waals surface area contributed by atoms with Gasteiger partial charge in [0.05, 0.1) is 0 Å². The second-order valence-corrected chi connectivity index (χ2v) is 14.4. The lowest BCUT2D eigenvalue weighted by atomic mass is 10.00. The largest absolute Gasteiger partial charge is 0.455 e. The van der Waals surface area contributed by atoms with E-state index >= 15 is 0 Å². The van der Waals surface area contributed by atoms with Crippen LogP contribution in [0.4, 0.5) is 0 Å². The zero-order valence-electron chi connectivity index (χ0n) is 30.8. The van der Waals surface area contributed by atoms with Crippen LogP contribution in [0.5, 0.6) is 0 Å². The Morgan fingerprint density at radius 2 is 0.754 bits per heavy atom. The first-order chi connectivity index (χ1) is 28.2. The maximum atomic E-state index is 6.55. The highest BCUT2D eigenvalue weighted by atomic mass is 16.3. The topological polar surface area (TPSA) is 51.8 Å². The monoisotopic (exact) mass is 727 g/mol. The molecule has 0 radical (unpaired) electrons. The second kappa shape index (κ2) is 13.6. The highest BCUT2D eigenvalue weighted by molar-refractivity contribution is 6.10. The van der Waals surface area contributed by atoms with Crippen LogP contribution in [0, 0.1) is 0 Å². The standard InChI is InChI=1S/C53H33N3O/c1-2-11-38(12-3-1)46-15-8-16-48-47-30-29-44(33-49(47)57-50(46)48)37-19-25-40(26-20-37)52-54-51(55-53(56-52)45-28-22-35-10-5-7-14-42(35)32-45)39-23-17-36(18-24-39)43-27-21-34-9-4-6-13-41(34)31-43/h1-33H. The minimum absolute atomic E-state index is 0.620. The number of benzene rings is 9. The van der Waals surface area contributed by atoms with E-state index in [0.29, 0.717) is 17.5 Å². The zero-order valence-corrected chi connectivity index (χ0v) is 30.8. The summed E-state index contributed by atoms with van der Waals surface area (Å²) in [5.41, 5.74) is 11.3. The van der Waals surface area contributed by atoms with Crippen molar-refractivity contribution in [1.29, 1.82) is 0 Å². The summed E-state index contributed by atoms with van der Waals surface area (Å²) in [6, 6.07) is 70.0. The quantitative estimate of drug-likeness (QED) is 0.171. The average Bonchev–Trinajstić information content (AvgIpc) is 3.67. The fourth-order valence-electron chi connectivity index (χ4n) is 7.91. The maximum absolute atomic E-state index is 6.55. The molecule has 0 aliphatic rings. The van der Waals surface area contributed by atoms with E-state index in [-0.39, 0.29) is 0 Å². The normalized spacial score (nSPS) is 11.5. The van der Waals surface area contributed by atoms with Crippen molar-refractivity contribution in [2.24, 2.45) is 0 Å². The number of hydrogen-bond acceptors (Lipinski definition) is 4. The van der Waals surface area contributed by atoms with Crippen molar-refractivity contribution in [2.75, 3.05) is 0 Å². The fraction of sp³-hybridized carbons (Fsp3) is 0. The van der Waals surface area contributed by atoms with Gasteiger partial charge in [0.25, 0.3) is 0 Å². The van der Waals surface area contributed by atoms with Gasteiger partial charge >= 0.3 is 0 Å². The van der Waals surface area contributed by atoms with Crippen LogP contribution in [0.25, 0.3) is 111 Å². The van der Waals surface area contributed by atoms with E-state index in [1.807, 2.05) is 6.07 Å². The third kappa shape index (κ3) is 6.01. The van der Waals surface area contributed by atoms with Gasteiger partial charge in [0.15, 0.2) is 17.5 Å². The van der Waals surface area contributed by atoms with E-state index in [0.717, 1.165) is 71.8 Å². The molecule has 0 saturated carbocycles. The van der Waals surface area contributed by atoms with Crippen molar-refractivity contribution < 1.29 is 4.42 Å². The highest BCUT2D eigenvalue weighted by Gasteiger charge is 2.16. The first-order valence-electron chi connectivity index (χ1n) is 19.2. The van der Waals surface area contributed by atoms with Crippen molar-refractivity contribution in [3.05, 3.63) is 200 Å². The molecule has 57 heavy (non-hydrogen) atoms. The van der Waals surface area contributed by atoms with Crippen molar-refractivity contribution in [3.63, 3.8) is 0 Å². The van der Waals surface area contributed by atoms with Crippen LogP contribution in [-0.2, 0) is 0 Å². The minimum atomic E-state index is 0.620. The number of nitrogens with zero attached hydrogens (tertiary/aromatic N) is 3. The molecule has 4 nitrogen and oxygen atoms in total. The predicted molar refractivity (Wildman–Crippen MR) is 235 cm³/mol. The van der Waals surface area contributed by atoms with Crippen molar-refractivity contribution in [1.82, 2.24) is 15.0 Å². The molecule has 0 fully saturated rings. The van der Waals surface area contributed by atoms with Gasteiger partial charge in [0, 0.05) is 33.0 Å². The lowest BCUT2D eigenvalue weighted by Gasteiger charge is -2.10. The van der Waals surface area contributed by atoms with Crippen molar-refractivity contribution in [3.8, 4) is 67.5 Å². The Morgan fingerprint density at radius 3 is 1.39 bits per heavy atom. The van der Waals surface area contributed by atoms with Gasteiger partial charge in [0.1, 0.15) is 11.2 Å². The van der Waals surface area contributed by atoms with E-state index < -0.39 is 0 Å². The Kier molecular flexibility index (Phi) is 7.78. The molecule has 0 unspecified atom stereocenters. The molecule has 0 amide bonds. The summed E-state index contributed by atoms with van der Waals surface area (Å²) < 4.78 is 6.55. The first-order valence-corrected chi connectivity index (χ1v) is 19.2. The summed E-state index contributed by atoms with van der Waals surface area (Å²) in [6.45, 7) is 0. The van der Waals surface area contributed by atoms with Crippen LogP contribution in [0.2, 0.25) is 0 Å². The van der Waals surface area contributed by atoms with Gasteiger partial charge in [-0.2, -0.15) is 0 Å². The third-order valence-corrected chi connectivity index (χ3v) is 10.9. The maximum Gasteiger partial charge on any atom is 0.164 e. The van der Waals surface area contributed by atoms with E-state index in [2.05, 4.69) is 194 Å². The summed E-state index contributed by atoms with van der Waals surface area (Å²) >= 11 is 0. The Balaban J connectivity index is 0.962. The predicted octanol–water partition coefficient (Wildman–Crippen LogP) is 14.1. The van der Waals surface area contributed by atoms with Crippen LogP contribution < -0.4 is 0 Å². The van der Waals surface area contributed by atoms with Gasteiger partial charge in [-0.15, -0.1) is 0 Å². The molecule has 2 heterocycles. The van der Waals surface area contributed by atoms with Crippen LogP contribution >= 0.6 is 0 Å². The van der Waals surface area contributed by atoms with Crippen LogP contribution in [0.1, 0.15) is 0 Å². The Bertz CT molecular complexity index is 3280. The Labute approximate surface area is 329 Å². The van der Waals surface area contributed by atoms with Gasteiger partial charge in [-0.05, 0) is 73.6 Å². The molecule has 11 rings (SSSR count). The summed E-state index contributed by atoms with van der Waals surface area (Å²) in [7, 11) is 0. The van der Waals surface area contributed by atoms with E-state index in [1.165, 1.54) is 21.7 Å². The summed E-state index contributed by atoms with van der Waals surface area (Å²) in [5, 5.41) is 6.99. The molecule has 0 atom stereocenters. The molecule has 4 heteroatoms. The third-order valence-electron chi connectivity index (χ3n) is 10.9. The molecular weight excluding hydrogens is 695 g/mol. The zero-order chi connectivity index (χ0) is 37.7. The van der Waals surface area contributed by atoms with Gasteiger partial charge in [-0.25, -0.2) is 15.0 Å².